The quantitative estimate of drug-likeness (QED) is 0.257. The Bertz CT molecular complexity index is 1350. The minimum atomic E-state index is -2.52. The first kappa shape index (κ1) is 25.9. The van der Waals surface area contributed by atoms with Crippen LogP contribution in [0, 0.1) is 6.92 Å². The summed E-state index contributed by atoms with van der Waals surface area (Å²) in [5.41, 5.74) is -0.150. The van der Waals surface area contributed by atoms with Crippen molar-refractivity contribution in [3.05, 3.63) is 82.5 Å². The van der Waals surface area contributed by atoms with E-state index in [4.69, 9.17) is 14.2 Å². The van der Waals surface area contributed by atoms with Crippen molar-refractivity contribution in [2.45, 2.75) is 39.7 Å². The number of fused-ring (bicyclic) bond motifs is 3. The number of carbonyl (C=O) groups excluding carboxylic acids is 4. The van der Waals surface area contributed by atoms with Gasteiger partial charge in [0.05, 0.1) is 31.1 Å². The smallest absolute Gasteiger partial charge is 0.340 e. The first-order valence-corrected chi connectivity index (χ1v) is 12.3. The van der Waals surface area contributed by atoms with E-state index in [2.05, 4.69) is 0 Å². The van der Waals surface area contributed by atoms with Crippen molar-refractivity contribution in [3.8, 4) is 11.3 Å². The van der Waals surface area contributed by atoms with E-state index in [0.717, 1.165) is 5.56 Å². The lowest BCUT2D eigenvalue weighted by molar-refractivity contribution is -0.161. The van der Waals surface area contributed by atoms with Crippen LogP contribution >= 0.6 is 0 Å². The molecule has 0 N–H and O–H groups in total. The van der Waals surface area contributed by atoms with Gasteiger partial charge in [-0.2, -0.15) is 0 Å². The highest BCUT2D eigenvalue weighted by atomic mass is 16.6. The number of Topliss-reactive ketones (excluding diaryl/α,β-unsaturated/α-hetero) is 1. The molecule has 3 aromatic rings. The largest absolute Gasteiger partial charge is 0.465 e. The Balaban J connectivity index is 2.19. The monoisotopic (exact) mass is 503 g/mol. The van der Waals surface area contributed by atoms with Crippen LogP contribution in [-0.2, 0) is 35.8 Å². The minimum absolute atomic E-state index is 0.0169. The first-order valence-electron chi connectivity index (χ1n) is 12.3. The van der Waals surface area contributed by atoms with E-state index in [1.807, 2.05) is 34.9 Å². The van der Waals surface area contributed by atoms with Gasteiger partial charge in [0.15, 0.2) is 5.78 Å². The number of hydrogen-bond acceptors (Lipinski definition) is 7. The molecule has 1 aromatic heterocycles. The van der Waals surface area contributed by atoms with Crippen LogP contribution in [0.1, 0.15) is 58.3 Å². The molecule has 1 aliphatic carbocycles. The van der Waals surface area contributed by atoms with Gasteiger partial charge < -0.3 is 18.8 Å². The summed E-state index contributed by atoms with van der Waals surface area (Å²) in [6.07, 6.45) is 0. The third kappa shape index (κ3) is 4.02. The maximum Gasteiger partial charge on any atom is 0.340 e. The highest BCUT2D eigenvalue weighted by Gasteiger charge is 2.63. The first-order chi connectivity index (χ1) is 17.8. The van der Waals surface area contributed by atoms with Gasteiger partial charge in [-0.15, -0.1) is 0 Å². The molecule has 0 atom stereocenters. The molecular weight excluding hydrogens is 474 g/mol. The molecule has 4 rings (SSSR count). The molecule has 2 aromatic carbocycles. The molecule has 1 heterocycles. The van der Waals surface area contributed by atoms with Crippen LogP contribution in [0.25, 0.3) is 11.3 Å². The number of esters is 3. The molecule has 0 aliphatic heterocycles. The van der Waals surface area contributed by atoms with Crippen molar-refractivity contribution in [1.82, 2.24) is 4.57 Å². The topological polar surface area (TPSA) is 101 Å². The lowest BCUT2D eigenvalue weighted by Crippen LogP contribution is -2.55. The zero-order chi connectivity index (χ0) is 26.7. The van der Waals surface area contributed by atoms with E-state index in [-0.39, 0.29) is 36.5 Å². The summed E-state index contributed by atoms with van der Waals surface area (Å²) >= 11 is 0. The van der Waals surface area contributed by atoms with Crippen LogP contribution < -0.4 is 0 Å². The number of nitrogens with zero attached hydrogens (tertiary/aromatic N) is 1. The van der Waals surface area contributed by atoms with Crippen molar-refractivity contribution in [1.29, 1.82) is 0 Å². The van der Waals surface area contributed by atoms with Crippen molar-refractivity contribution in [2.75, 3.05) is 19.8 Å². The summed E-state index contributed by atoms with van der Waals surface area (Å²) in [4.78, 5) is 55.1. The zero-order valence-corrected chi connectivity index (χ0v) is 21.3. The maximum absolute atomic E-state index is 14.2. The van der Waals surface area contributed by atoms with Crippen LogP contribution in [0.4, 0.5) is 0 Å². The van der Waals surface area contributed by atoms with Gasteiger partial charge in [-0.3, -0.25) is 4.79 Å². The molecule has 0 bridgehead atoms. The molecule has 8 heteroatoms. The van der Waals surface area contributed by atoms with Crippen molar-refractivity contribution in [2.24, 2.45) is 0 Å². The van der Waals surface area contributed by atoms with Crippen LogP contribution in [0.15, 0.2) is 54.6 Å². The molecule has 0 fully saturated rings. The van der Waals surface area contributed by atoms with Crippen molar-refractivity contribution < 1.29 is 33.4 Å². The number of benzene rings is 2. The highest BCUT2D eigenvalue weighted by Crippen LogP contribution is 2.49. The van der Waals surface area contributed by atoms with E-state index in [9.17, 15) is 19.2 Å². The Morgan fingerprint density at radius 1 is 0.784 bits per heavy atom. The molecule has 37 heavy (non-hydrogen) atoms. The lowest BCUT2D eigenvalue weighted by Gasteiger charge is -2.33. The maximum atomic E-state index is 14.2. The van der Waals surface area contributed by atoms with Crippen molar-refractivity contribution >= 4 is 23.7 Å². The van der Waals surface area contributed by atoms with Crippen LogP contribution in [0.5, 0.6) is 0 Å². The summed E-state index contributed by atoms with van der Waals surface area (Å²) in [6, 6.07) is 16.3. The van der Waals surface area contributed by atoms with E-state index in [0.29, 0.717) is 23.5 Å². The Morgan fingerprint density at radius 3 is 1.89 bits per heavy atom. The van der Waals surface area contributed by atoms with E-state index < -0.39 is 29.1 Å². The predicted molar refractivity (Wildman–Crippen MR) is 135 cm³/mol. The fourth-order valence-corrected chi connectivity index (χ4v) is 4.95. The van der Waals surface area contributed by atoms with Gasteiger partial charge in [0.25, 0.3) is 5.41 Å². The molecule has 0 unspecified atom stereocenters. The normalized spacial score (nSPS) is 13.4. The third-order valence-corrected chi connectivity index (χ3v) is 6.49. The number of carbonyl (C=O) groups is 4. The van der Waals surface area contributed by atoms with Crippen LogP contribution in [0.2, 0.25) is 0 Å². The Hall–Kier alpha value is -4.20. The Kier molecular flexibility index (Phi) is 7.29. The second-order valence-corrected chi connectivity index (χ2v) is 8.54. The molecular formula is C29H29NO7. The van der Waals surface area contributed by atoms with Gasteiger partial charge in [0, 0.05) is 28.9 Å². The van der Waals surface area contributed by atoms with E-state index >= 15 is 0 Å². The molecule has 0 radical (unpaired) electrons. The average Bonchev–Trinajstić information content (AvgIpc) is 3.17. The number of rotatable bonds is 8. The van der Waals surface area contributed by atoms with Gasteiger partial charge in [-0.1, -0.05) is 54.6 Å². The molecule has 0 amide bonds. The van der Waals surface area contributed by atoms with Crippen LogP contribution in [-0.4, -0.2) is 48.1 Å². The van der Waals surface area contributed by atoms with Gasteiger partial charge >= 0.3 is 17.9 Å². The summed E-state index contributed by atoms with van der Waals surface area (Å²) in [7, 11) is 0. The van der Waals surface area contributed by atoms with E-state index in [1.54, 1.807) is 52.0 Å². The van der Waals surface area contributed by atoms with Gasteiger partial charge in [0.1, 0.15) is 0 Å². The summed E-state index contributed by atoms with van der Waals surface area (Å²) in [5.74, 6) is -3.71. The fourth-order valence-electron chi connectivity index (χ4n) is 4.95. The standard InChI is InChI=1S/C29H29NO7/c1-5-35-26(32)22-18(4)30(17-19-13-9-8-10-14-19)24-20-15-11-12-16-21(20)25(31)29(23(22)24,27(33)36-6-2)28(34)37-7-3/h8-16H,5-7,17H2,1-4H3. The minimum Gasteiger partial charge on any atom is -0.465 e. The highest BCUT2D eigenvalue weighted by molar-refractivity contribution is 6.35. The Labute approximate surface area is 215 Å². The fraction of sp³-hybridized carbons (Fsp3) is 0.310. The molecule has 0 saturated carbocycles. The molecule has 192 valence electrons. The number of ketones is 1. The number of aromatic nitrogens is 1. The Morgan fingerprint density at radius 2 is 1.32 bits per heavy atom. The summed E-state index contributed by atoms with van der Waals surface area (Å²) in [5, 5.41) is 0. The van der Waals surface area contributed by atoms with Crippen molar-refractivity contribution in [3.63, 3.8) is 0 Å². The van der Waals surface area contributed by atoms with Crippen LogP contribution in [0.3, 0.4) is 0 Å². The average molecular weight is 504 g/mol. The molecule has 1 aliphatic rings. The van der Waals surface area contributed by atoms with Gasteiger partial charge in [-0.05, 0) is 33.3 Å². The lowest BCUT2D eigenvalue weighted by atomic mass is 9.67. The zero-order valence-electron chi connectivity index (χ0n) is 21.3. The molecule has 8 nitrogen and oxygen atoms in total. The van der Waals surface area contributed by atoms with E-state index in [1.165, 1.54) is 0 Å². The van der Waals surface area contributed by atoms with Gasteiger partial charge in [-0.25, -0.2) is 14.4 Å². The third-order valence-electron chi connectivity index (χ3n) is 6.49. The van der Waals surface area contributed by atoms with Gasteiger partial charge in [0.2, 0.25) is 0 Å². The number of hydrogen-bond donors (Lipinski definition) is 0. The summed E-state index contributed by atoms with van der Waals surface area (Å²) in [6.45, 7) is 6.75. The number of ether oxygens (including phenoxy) is 3. The molecule has 0 spiro atoms. The summed E-state index contributed by atoms with van der Waals surface area (Å²) < 4.78 is 17.9. The second-order valence-electron chi connectivity index (χ2n) is 8.54. The SMILES string of the molecule is CCOC(=O)c1c2c(n(Cc3ccccc3)c1C)-c1ccccc1C(=O)C2(C(=O)OCC)C(=O)OCC. The molecule has 0 saturated heterocycles. The predicted octanol–water partition coefficient (Wildman–Crippen LogP) is 4.25. The second kappa shape index (κ2) is 10.4.